The molecule has 128 valence electrons. The second-order valence-corrected chi connectivity index (χ2v) is 5.31. The molecule has 0 aliphatic rings. The minimum atomic E-state index is -0.664. The molecule has 0 saturated carbocycles. The first-order chi connectivity index (χ1) is 12.6. The summed E-state index contributed by atoms with van der Waals surface area (Å²) < 4.78 is 32.2. The molecule has 1 N–H and O–H groups in total. The van der Waals surface area contributed by atoms with Crippen molar-refractivity contribution >= 4 is 17.7 Å². The lowest BCUT2D eigenvalue weighted by Crippen LogP contribution is -2.13. The van der Waals surface area contributed by atoms with E-state index in [1.165, 1.54) is 42.5 Å². The third-order valence-corrected chi connectivity index (χ3v) is 3.52. The Labute approximate surface area is 148 Å². The highest BCUT2D eigenvalue weighted by Crippen LogP contribution is 2.25. The quantitative estimate of drug-likeness (QED) is 0.544. The first-order valence-electron chi connectivity index (χ1n) is 7.60. The summed E-state index contributed by atoms with van der Waals surface area (Å²) in [4.78, 5) is 12.2. The summed E-state index contributed by atoms with van der Waals surface area (Å²) in [5.41, 5.74) is 0.425. The van der Waals surface area contributed by atoms with Gasteiger partial charge in [0.25, 0.3) is 5.91 Å². The van der Waals surface area contributed by atoms with Crippen LogP contribution >= 0.6 is 0 Å². The zero-order valence-electron chi connectivity index (χ0n) is 13.4. The summed E-state index contributed by atoms with van der Waals surface area (Å²) in [6, 6.07) is 16.1. The summed E-state index contributed by atoms with van der Waals surface area (Å²) in [5, 5.41) is 11.7. The fraction of sp³-hybridized carbons (Fsp3) is 0. The summed E-state index contributed by atoms with van der Waals surface area (Å²) in [6.07, 6.45) is 1.25. The molecule has 0 aliphatic heterocycles. The molecule has 0 aliphatic carbocycles. The van der Waals surface area contributed by atoms with Crippen molar-refractivity contribution in [3.05, 3.63) is 83.6 Å². The lowest BCUT2D eigenvalue weighted by molar-refractivity contribution is -0.112. The lowest BCUT2D eigenvalue weighted by atomic mass is 10.1. The smallest absolute Gasteiger partial charge is 0.266 e. The molecule has 1 heterocycles. The molecule has 2 aromatic carbocycles. The minimum Gasteiger partial charge on any atom is -0.457 e. The average molecular weight is 350 g/mol. The molecule has 3 rings (SSSR count). The van der Waals surface area contributed by atoms with Gasteiger partial charge in [-0.25, -0.2) is 8.78 Å². The molecule has 0 saturated heterocycles. The molecular formula is C20H12F2N2O2. The van der Waals surface area contributed by atoms with Gasteiger partial charge in [-0.05, 0) is 48.5 Å². The predicted octanol–water partition coefficient (Wildman–Crippen LogP) is 4.77. The van der Waals surface area contributed by atoms with E-state index >= 15 is 0 Å². The van der Waals surface area contributed by atoms with E-state index in [4.69, 9.17) is 4.42 Å². The Bertz CT molecular complexity index is 1010. The van der Waals surface area contributed by atoms with Gasteiger partial charge < -0.3 is 9.73 Å². The number of nitrogens with one attached hydrogen (secondary N) is 1. The molecule has 3 aromatic rings. The number of hydrogen-bond acceptors (Lipinski definition) is 3. The molecule has 0 bridgehead atoms. The van der Waals surface area contributed by atoms with E-state index < -0.39 is 17.5 Å². The number of rotatable bonds is 4. The number of carbonyl (C=O) groups is 1. The summed E-state index contributed by atoms with van der Waals surface area (Å²) in [5.74, 6) is -1.02. The van der Waals surface area contributed by atoms with Crippen molar-refractivity contribution in [2.24, 2.45) is 0 Å². The molecule has 0 radical (unpaired) electrons. The summed E-state index contributed by atoms with van der Waals surface area (Å²) >= 11 is 0. The van der Waals surface area contributed by atoms with Gasteiger partial charge in [0.1, 0.15) is 34.8 Å². The number of carbonyl (C=O) groups excluding carboxylic acids is 1. The van der Waals surface area contributed by atoms with Crippen molar-refractivity contribution in [2.45, 2.75) is 0 Å². The molecule has 1 amide bonds. The van der Waals surface area contributed by atoms with Crippen LogP contribution in [0.25, 0.3) is 17.4 Å². The molecule has 26 heavy (non-hydrogen) atoms. The standard InChI is InChI=1S/C20H12F2N2O2/c21-14-5-7-15(8-6-14)24-20(25)13(12-23)11-16-9-10-19(26-16)17-3-1-2-4-18(17)22/h1-11H,(H,24,25)/b13-11+. The van der Waals surface area contributed by atoms with Crippen molar-refractivity contribution in [3.8, 4) is 17.4 Å². The van der Waals surface area contributed by atoms with E-state index in [-0.39, 0.29) is 22.7 Å². The zero-order valence-corrected chi connectivity index (χ0v) is 13.4. The van der Waals surface area contributed by atoms with Crippen LogP contribution in [-0.4, -0.2) is 5.91 Å². The predicted molar refractivity (Wildman–Crippen MR) is 92.7 cm³/mol. The van der Waals surface area contributed by atoms with Crippen LogP contribution in [0.3, 0.4) is 0 Å². The molecule has 0 unspecified atom stereocenters. The van der Waals surface area contributed by atoms with Gasteiger partial charge in [0, 0.05) is 11.8 Å². The number of hydrogen-bond donors (Lipinski definition) is 1. The van der Waals surface area contributed by atoms with Crippen molar-refractivity contribution in [2.75, 3.05) is 5.32 Å². The highest BCUT2D eigenvalue weighted by atomic mass is 19.1. The molecule has 0 atom stereocenters. The van der Waals surface area contributed by atoms with E-state index in [0.29, 0.717) is 5.69 Å². The molecule has 0 fully saturated rings. The Morgan fingerprint density at radius 2 is 1.77 bits per heavy atom. The van der Waals surface area contributed by atoms with Gasteiger partial charge in [-0.15, -0.1) is 0 Å². The lowest BCUT2D eigenvalue weighted by Gasteiger charge is -2.03. The zero-order chi connectivity index (χ0) is 18.5. The van der Waals surface area contributed by atoms with Crippen LogP contribution in [0.15, 0.2) is 70.7 Å². The van der Waals surface area contributed by atoms with Crippen molar-refractivity contribution in [3.63, 3.8) is 0 Å². The van der Waals surface area contributed by atoms with E-state index in [0.717, 1.165) is 0 Å². The van der Waals surface area contributed by atoms with Gasteiger partial charge in [-0.1, -0.05) is 12.1 Å². The summed E-state index contributed by atoms with van der Waals surface area (Å²) in [7, 11) is 0. The second-order valence-electron chi connectivity index (χ2n) is 5.31. The maximum absolute atomic E-state index is 13.8. The second kappa shape index (κ2) is 7.45. The van der Waals surface area contributed by atoms with Crippen LogP contribution in [-0.2, 0) is 4.79 Å². The largest absolute Gasteiger partial charge is 0.457 e. The molecule has 6 heteroatoms. The van der Waals surface area contributed by atoms with Crippen LogP contribution < -0.4 is 5.32 Å². The first kappa shape index (κ1) is 17.1. The Morgan fingerprint density at radius 1 is 1.04 bits per heavy atom. The topological polar surface area (TPSA) is 66.0 Å². The van der Waals surface area contributed by atoms with Crippen LogP contribution in [0.5, 0.6) is 0 Å². The SMILES string of the molecule is N#C/C(=C\c1ccc(-c2ccccc2F)o1)C(=O)Nc1ccc(F)cc1. The number of amides is 1. The molecular weight excluding hydrogens is 338 g/mol. The van der Waals surface area contributed by atoms with Crippen LogP contribution in [0.1, 0.15) is 5.76 Å². The normalized spacial score (nSPS) is 11.0. The van der Waals surface area contributed by atoms with Gasteiger partial charge in [0.2, 0.25) is 0 Å². The van der Waals surface area contributed by atoms with Gasteiger partial charge in [-0.2, -0.15) is 5.26 Å². The van der Waals surface area contributed by atoms with Crippen LogP contribution in [0.2, 0.25) is 0 Å². The van der Waals surface area contributed by atoms with Crippen molar-refractivity contribution < 1.29 is 18.0 Å². The van der Waals surface area contributed by atoms with Crippen LogP contribution in [0.4, 0.5) is 14.5 Å². The Kier molecular flexibility index (Phi) is 4.90. The average Bonchev–Trinajstić information content (AvgIpc) is 3.10. The van der Waals surface area contributed by atoms with E-state index in [2.05, 4.69) is 5.32 Å². The number of furan rings is 1. The van der Waals surface area contributed by atoms with Crippen molar-refractivity contribution in [1.82, 2.24) is 0 Å². The fourth-order valence-electron chi connectivity index (χ4n) is 2.26. The Morgan fingerprint density at radius 3 is 2.46 bits per heavy atom. The Balaban J connectivity index is 1.81. The molecule has 4 nitrogen and oxygen atoms in total. The number of benzene rings is 2. The molecule has 0 spiro atoms. The highest BCUT2D eigenvalue weighted by molar-refractivity contribution is 6.09. The third kappa shape index (κ3) is 3.84. The number of nitrogens with zero attached hydrogens (tertiary/aromatic N) is 1. The summed E-state index contributed by atoms with van der Waals surface area (Å²) in [6.45, 7) is 0. The van der Waals surface area contributed by atoms with E-state index in [9.17, 15) is 18.8 Å². The van der Waals surface area contributed by atoms with Gasteiger partial charge in [0.05, 0.1) is 5.56 Å². The Hall–Kier alpha value is -3.72. The molecule has 1 aromatic heterocycles. The van der Waals surface area contributed by atoms with E-state index in [1.807, 2.05) is 0 Å². The van der Waals surface area contributed by atoms with Gasteiger partial charge in [-0.3, -0.25) is 4.79 Å². The maximum atomic E-state index is 13.8. The van der Waals surface area contributed by atoms with Crippen molar-refractivity contribution in [1.29, 1.82) is 5.26 Å². The maximum Gasteiger partial charge on any atom is 0.266 e. The highest BCUT2D eigenvalue weighted by Gasteiger charge is 2.13. The first-order valence-corrected chi connectivity index (χ1v) is 7.60. The van der Waals surface area contributed by atoms with Gasteiger partial charge >= 0.3 is 0 Å². The fourth-order valence-corrected chi connectivity index (χ4v) is 2.26. The number of nitriles is 1. The number of halogens is 2. The van der Waals surface area contributed by atoms with Gasteiger partial charge in [0.15, 0.2) is 0 Å². The van der Waals surface area contributed by atoms with E-state index in [1.54, 1.807) is 30.3 Å². The monoisotopic (exact) mass is 350 g/mol. The minimum absolute atomic E-state index is 0.205. The third-order valence-electron chi connectivity index (χ3n) is 3.52. The number of anilines is 1. The van der Waals surface area contributed by atoms with Crippen LogP contribution in [0, 0.1) is 23.0 Å².